The van der Waals surface area contributed by atoms with Gasteiger partial charge in [-0.25, -0.2) is 9.69 Å². The third-order valence-corrected chi connectivity index (χ3v) is 8.26. The molecule has 0 N–H and O–H groups in total. The molecule has 7 heteroatoms. The molecule has 182 valence electrons. The summed E-state index contributed by atoms with van der Waals surface area (Å²) in [5, 5.41) is 0. The van der Waals surface area contributed by atoms with Gasteiger partial charge in [0.2, 0.25) is 11.8 Å². The Kier molecular flexibility index (Phi) is 6.10. The number of ether oxygens (including phenoxy) is 2. The zero-order chi connectivity index (χ0) is 23.9. The number of nitrogens with zero attached hydrogens (tertiary/aromatic N) is 2. The van der Waals surface area contributed by atoms with Gasteiger partial charge >= 0.3 is 5.97 Å². The van der Waals surface area contributed by atoms with Crippen LogP contribution in [0, 0.1) is 16.7 Å². The summed E-state index contributed by atoms with van der Waals surface area (Å²) in [6.45, 7) is 7.57. The van der Waals surface area contributed by atoms with E-state index in [2.05, 4.69) is 24.0 Å². The lowest BCUT2D eigenvalue weighted by molar-refractivity contribution is -0.197. The van der Waals surface area contributed by atoms with Gasteiger partial charge in [-0.05, 0) is 37.9 Å². The summed E-state index contributed by atoms with van der Waals surface area (Å²) in [6, 6.07) is 6.75. The normalized spacial score (nSPS) is 33.5. The highest BCUT2D eigenvalue weighted by atomic mass is 16.5. The van der Waals surface area contributed by atoms with Gasteiger partial charge in [-0.15, -0.1) is 0 Å². The van der Waals surface area contributed by atoms with Gasteiger partial charge in [-0.1, -0.05) is 44.6 Å². The maximum absolute atomic E-state index is 13.4. The van der Waals surface area contributed by atoms with Crippen molar-refractivity contribution in [1.29, 1.82) is 0 Å². The van der Waals surface area contributed by atoms with Crippen molar-refractivity contribution in [3.8, 4) is 0 Å². The molecule has 5 rings (SSSR count). The number of hydrogen-bond acceptors (Lipinski definition) is 6. The molecule has 0 radical (unpaired) electrons. The van der Waals surface area contributed by atoms with Crippen molar-refractivity contribution in [3.05, 3.63) is 42.0 Å². The maximum Gasteiger partial charge on any atom is 0.340 e. The number of rotatable bonds is 5. The predicted molar refractivity (Wildman–Crippen MR) is 127 cm³/mol. The fourth-order valence-electron chi connectivity index (χ4n) is 6.72. The maximum atomic E-state index is 13.4. The van der Waals surface area contributed by atoms with Gasteiger partial charge in [0.15, 0.2) is 0 Å². The first-order valence-corrected chi connectivity index (χ1v) is 12.5. The summed E-state index contributed by atoms with van der Waals surface area (Å²) in [7, 11) is 0. The van der Waals surface area contributed by atoms with E-state index in [9.17, 15) is 14.4 Å². The second-order valence-corrected chi connectivity index (χ2v) is 10.5. The van der Waals surface area contributed by atoms with Crippen LogP contribution < -0.4 is 4.90 Å². The molecular weight excluding hydrogens is 432 g/mol. The van der Waals surface area contributed by atoms with Crippen LogP contribution in [-0.2, 0) is 19.1 Å². The van der Waals surface area contributed by atoms with E-state index in [1.165, 1.54) is 0 Å². The fraction of sp³-hybridized carbons (Fsp3) is 0.593. The molecule has 7 nitrogen and oxygen atoms in total. The van der Waals surface area contributed by atoms with E-state index in [0.717, 1.165) is 50.2 Å². The molecule has 0 aromatic heterocycles. The zero-order valence-corrected chi connectivity index (χ0v) is 20.1. The number of imide groups is 1. The second kappa shape index (κ2) is 8.93. The molecule has 34 heavy (non-hydrogen) atoms. The number of carbonyl (C=O) groups is 3. The van der Waals surface area contributed by atoms with E-state index in [0.29, 0.717) is 12.3 Å². The summed E-state index contributed by atoms with van der Waals surface area (Å²) in [5.41, 5.74) is 0.352. The number of benzene rings is 1. The van der Waals surface area contributed by atoms with Gasteiger partial charge in [0.05, 0.1) is 24.0 Å². The Morgan fingerprint density at radius 1 is 1.18 bits per heavy atom. The van der Waals surface area contributed by atoms with Crippen LogP contribution in [0.25, 0.3) is 0 Å². The second-order valence-electron chi connectivity index (χ2n) is 10.5. The van der Waals surface area contributed by atoms with Crippen LogP contribution in [0.4, 0.5) is 5.69 Å². The topological polar surface area (TPSA) is 76.2 Å². The van der Waals surface area contributed by atoms with E-state index >= 15 is 0 Å². The molecule has 2 bridgehead atoms. The highest BCUT2D eigenvalue weighted by Crippen LogP contribution is 2.55. The molecule has 1 aromatic rings. The number of para-hydroxylation sites is 1. The molecule has 3 fully saturated rings. The Labute approximate surface area is 201 Å². The molecule has 0 spiro atoms. The summed E-state index contributed by atoms with van der Waals surface area (Å²) >= 11 is 0. The molecule has 1 aromatic carbocycles. The molecule has 2 saturated heterocycles. The van der Waals surface area contributed by atoms with Crippen LogP contribution in [0.2, 0.25) is 0 Å². The minimum absolute atomic E-state index is 0.0391. The molecule has 2 amide bonds. The Morgan fingerprint density at radius 2 is 2.00 bits per heavy atom. The Hall–Kier alpha value is -2.51. The number of piperidine rings is 1. The summed E-state index contributed by atoms with van der Waals surface area (Å²) in [4.78, 5) is 42.1. The first-order chi connectivity index (χ1) is 16.4. The van der Waals surface area contributed by atoms with Crippen LogP contribution in [0.5, 0.6) is 0 Å². The van der Waals surface area contributed by atoms with Crippen LogP contribution in [0.3, 0.4) is 0 Å². The number of esters is 1. The lowest BCUT2D eigenvalue weighted by Crippen LogP contribution is -2.66. The third-order valence-electron chi connectivity index (χ3n) is 8.26. The van der Waals surface area contributed by atoms with Gasteiger partial charge < -0.3 is 14.4 Å². The van der Waals surface area contributed by atoms with E-state index in [1.807, 2.05) is 0 Å². The molecule has 4 aliphatic rings. The average Bonchev–Trinajstić information content (AvgIpc) is 2.97. The average molecular weight is 467 g/mol. The molecular formula is C27H34N2O5. The van der Waals surface area contributed by atoms with Crippen LogP contribution in [0.15, 0.2) is 36.4 Å². The zero-order valence-electron chi connectivity index (χ0n) is 20.1. The Bertz CT molecular complexity index is 1020. The summed E-state index contributed by atoms with van der Waals surface area (Å²) in [5.74, 6) is -1.43. The first-order valence-electron chi connectivity index (χ1n) is 12.5. The van der Waals surface area contributed by atoms with Gasteiger partial charge in [-0.3, -0.25) is 9.59 Å². The van der Waals surface area contributed by atoms with Crippen molar-refractivity contribution >= 4 is 23.5 Å². The van der Waals surface area contributed by atoms with E-state index in [1.54, 1.807) is 31.2 Å². The lowest BCUT2D eigenvalue weighted by atomic mass is 9.56. The van der Waals surface area contributed by atoms with Crippen LogP contribution in [-0.4, -0.2) is 61.6 Å². The number of hydrogen-bond donors (Lipinski definition) is 0. The predicted octanol–water partition coefficient (Wildman–Crippen LogP) is 3.58. The van der Waals surface area contributed by atoms with Gasteiger partial charge in [-0.2, -0.15) is 0 Å². The van der Waals surface area contributed by atoms with Crippen molar-refractivity contribution < 1.29 is 23.9 Å². The highest BCUT2D eigenvalue weighted by Gasteiger charge is 2.59. The Morgan fingerprint density at radius 3 is 2.76 bits per heavy atom. The lowest BCUT2D eigenvalue weighted by Gasteiger charge is -2.60. The number of carbonyl (C=O) groups excluding carboxylic acids is 3. The van der Waals surface area contributed by atoms with E-state index in [-0.39, 0.29) is 53.3 Å². The number of allylic oxidation sites excluding steroid dienone is 1. The number of amides is 2. The van der Waals surface area contributed by atoms with Crippen molar-refractivity contribution in [3.63, 3.8) is 0 Å². The molecule has 3 heterocycles. The fourth-order valence-corrected chi connectivity index (χ4v) is 6.72. The minimum atomic E-state index is -0.498. The van der Waals surface area contributed by atoms with E-state index in [4.69, 9.17) is 9.47 Å². The molecule has 1 aliphatic carbocycles. The third kappa shape index (κ3) is 3.79. The van der Waals surface area contributed by atoms with Crippen molar-refractivity contribution in [2.75, 3.05) is 37.7 Å². The standard InChI is InChI=1S/C27H34N2O5/c1-3-28-16-26-11-6-7-14-33-25(26)27(17-28,13-8-12-26)18-34-24(32)20-9-4-5-10-21(20)29-22(30)15-19(2)23(29)31/h4-7,9-10,19,25H,3,8,11-18H2,1-2H3/t19-,25+,26-,27-/m1/s1. The van der Waals surface area contributed by atoms with Crippen LogP contribution in [0.1, 0.15) is 56.3 Å². The van der Waals surface area contributed by atoms with Gasteiger partial charge in [0.1, 0.15) is 6.61 Å². The van der Waals surface area contributed by atoms with Crippen molar-refractivity contribution in [1.82, 2.24) is 4.90 Å². The van der Waals surface area contributed by atoms with E-state index < -0.39 is 5.97 Å². The van der Waals surface area contributed by atoms with Gasteiger partial charge in [0.25, 0.3) is 0 Å². The molecule has 3 aliphatic heterocycles. The quantitative estimate of drug-likeness (QED) is 0.375. The summed E-state index contributed by atoms with van der Waals surface area (Å²) < 4.78 is 12.4. The molecule has 4 atom stereocenters. The van der Waals surface area contributed by atoms with Gasteiger partial charge in [0, 0.05) is 36.3 Å². The molecule has 0 unspecified atom stereocenters. The largest absolute Gasteiger partial charge is 0.461 e. The van der Waals surface area contributed by atoms with Crippen LogP contribution >= 0.6 is 0 Å². The monoisotopic (exact) mass is 466 g/mol. The Balaban J connectivity index is 1.40. The number of anilines is 1. The highest BCUT2D eigenvalue weighted by molar-refractivity contribution is 6.22. The van der Waals surface area contributed by atoms with Crippen molar-refractivity contribution in [2.45, 2.75) is 52.1 Å². The minimum Gasteiger partial charge on any atom is -0.461 e. The SMILES string of the molecule is CCN1C[C@@]2(COC(=O)c3ccccc3N3C(=O)C[C@@H](C)C3=O)CCC[C@]3(CC=CCO[C@H]23)C1. The molecule has 1 saturated carbocycles. The summed E-state index contributed by atoms with van der Waals surface area (Å²) in [6.07, 6.45) is 8.71. The van der Waals surface area contributed by atoms with Crippen molar-refractivity contribution in [2.24, 2.45) is 16.7 Å². The smallest absolute Gasteiger partial charge is 0.340 e. The number of likely N-dealkylation sites (tertiary alicyclic amines) is 1. The first kappa shape index (κ1) is 23.2.